The lowest BCUT2D eigenvalue weighted by Gasteiger charge is -2.56. The van der Waals surface area contributed by atoms with E-state index in [1.807, 2.05) is 0 Å². The molecule has 4 fully saturated rings. The zero-order chi connectivity index (χ0) is 23.9. The smallest absolute Gasteiger partial charge is 0.269 e. The molecule has 2 aromatic rings. The number of rotatable bonds is 6. The number of hydrogen-bond donors (Lipinski definition) is 3. The van der Waals surface area contributed by atoms with Crippen LogP contribution in [0.2, 0.25) is 0 Å². The van der Waals surface area contributed by atoms with Crippen LogP contribution < -0.4 is 15.6 Å². The van der Waals surface area contributed by atoms with Gasteiger partial charge in [0.25, 0.3) is 15.9 Å². The summed E-state index contributed by atoms with van der Waals surface area (Å²) in [5.41, 5.74) is 5.65. The van der Waals surface area contributed by atoms with Crippen molar-refractivity contribution in [1.29, 1.82) is 0 Å². The lowest BCUT2D eigenvalue weighted by atomic mass is 9.49. The summed E-state index contributed by atoms with van der Waals surface area (Å²) in [6.07, 6.45) is 7.72. The molecule has 9 heteroatoms. The molecular weight excluding hydrogens is 518 g/mol. The van der Waals surface area contributed by atoms with Gasteiger partial charge in [0.15, 0.2) is 0 Å². The molecule has 0 unspecified atom stereocenters. The van der Waals surface area contributed by atoms with Crippen LogP contribution in [0, 0.1) is 23.2 Å². The summed E-state index contributed by atoms with van der Waals surface area (Å²) >= 11 is 3.31. The first-order chi connectivity index (χ1) is 16.2. The van der Waals surface area contributed by atoms with Crippen molar-refractivity contribution < 1.29 is 18.0 Å². The van der Waals surface area contributed by atoms with Crippen LogP contribution in [0.15, 0.2) is 57.9 Å². The van der Waals surface area contributed by atoms with E-state index in [2.05, 4.69) is 31.5 Å². The number of hydrogen-bond acceptors (Lipinski definition) is 4. The van der Waals surface area contributed by atoms with Gasteiger partial charge in [-0.3, -0.25) is 25.2 Å². The molecule has 3 N–H and O–H groups in total. The summed E-state index contributed by atoms with van der Waals surface area (Å²) in [4.78, 5) is 25.3. The molecule has 34 heavy (non-hydrogen) atoms. The van der Waals surface area contributed by atoms with E-state index >= 15 is 0 Å². The van der Waals surface area contributed by atoms with Crippen LogP contribution in [0.5, 0.6) is 0 Å². The number of carbonyl (C=O) groups excluding carboxylic acids is 2. The van der Waals surface area contributed by atoms with Gasteiger partial charge in [-0.15, -0.1) is 0 Å². The zero-order valence-electron chi connectivity index (χ0n) is 18.7. The molecule has 7 nitrogen and oxygen atoms in total. The van der Waals surface area contributed by atoms with E-state index < -0.39 is 15.9 Å². The van der Waals surface area contributed by atoms with Gasteiger partial charge in [0.2, 0.25) is 5.91 Å². The van der Waals surface area contributed by atoms with E-state index in [9.17, 15) is 18.0 Å². The van der Waals surface area contributed by atoms with Gasteiger partial charge in [-0.05, 0) is 104 Å². The molecule has 180 valence electrons. The van der Waals surface area contributed by atoms with Crippen molar-refractivity contribution in [1.82, 2.24) is 10.9 Å². The van der Waals surface area contributed by atoms with Gasteiger partial charge in [0.1, 0.15) is 0 Å². The lowest BCUT2D eigenvalue weighted by Crippen LogP contribution is -2.50. The average molecular weight is 546 g/mol. The minimum Gasteiger partial charge on any atom is -0.280 e. The molecule has 2 amide bonds. The molecule has 0 radical (unpaired) electrons. The highest BCUT2D eigenvalue weighted by molar-refractivity contribution is 9.10. The fraction of sp³-hybridized carbons (Fsp3) is 0.440. The van der Waals surface area contributed by atoms with E-state index in [-0.39, 0.29) is 21.8 Å². The second kappa shape index (κ2) is 9.00. The topological polar surface area (TPSA) is 104 Å². The number of anilines is 1. The van der Waals surface area contributed by atoms with E-state index in [0.717, 1.165) is 41.5 Å². The van der Waals surface area contributed by atoms with Crippen molar-refractivity contribution in [2.75, 3.05) is 4.72 Å². The Morgan fingerprint density at radius 2 is 1.53 bits per heavy atom. The number of carbonyl (C=O) groups is 2. The molecule has 6 rings (SSSR count). The minimum atomic E-state index is -3.88. The minimum absolute atomic E-state index is 0.0389. The predicted molar refractivity (Wildman–Crippen MR) is 132 cm³/mol. The van der Waals surface area contributed by atoms with Crippen LogP contribution in [-0.2, 0) is 14.8 Å². The standard InChI is InChI=1S/C25H28BrN3O4S/c26-20-4-6-21(7-5-20)29-34(32,33)22-3-1-2-19(11-22)24(31)28-27-23(30)15-25-12-16-8-17(13-25)10-18(9-16)14-25/h1-7,11,16-18,29H,8-10,12-15H2,(H,27,30)(H,28,31). The Morgan fingerprint density at radius 1 is 0.912 bits per heavy atom. The molecule has 0 heterocycles. The number of nitrogens with one attached hydrogen (secondary N) is 3. The maximum atomic E-state index is 12.8. The molecule has 4 aliphatic rings. The van der Waals surface area contributed by atoms with Crippen LogP contribution in [0.25, 0.3) is 0 Å². The highest BCUT2D eigenvalue weighted by atomic mass is 79.9. The Kier molecular flexibility index (Phi) is 6.18. The largest absolute Gasteiger partial charge is 0.280 e. The Balaban J connectivity index is 1.19. The second-order valence-electron chi connectivity index (χ2n) is 10.2. The highest BCUT2D eigenvalue weighted by Gasteiger charge is 2.51. The predicted octanol–water partition coefficient (Wildman–Crippen LogP) is 4.62. The maximum absolute atomic E-state index is 12.8. The number of benzene rings is 2. The molecule has 4 aliphatic carbocycles. The SMILES string of the molecule is O=C(CC12CC3CC(CC(C3)C1)C2)NNC(=O)c1cccc(S(=O)(=O)Nc2ccc(Br)cc2)c1. The summed E-state index contributed by atoms with van der Waals surface area (Å²) in [6.45, 7) is 0. The number of hydrazine groups is 1. The van der Waals surface area contributed by atoms with Gasteiger partial charge in [0.05, 0.1) is 4.90 Å². The number of amides is 2. The second-order valence-corrected chi connectivity index (χ2v) is 12.8. The summed E-state index contributed by atoms with van der Waals surface area (Å²) < 4.78 is 28.8. The van der Waals surface area contributed by atoms with Crippen molar-refractivity contribution in [3.05, 3.63) is 58.6 Å². The Morgan fingerprint density at radius 3 is 2.15 bits per heavy atom. The summed E-state index contributed by atoms with van der Waals surface area (Å²) in [7, 11) is -3.88. The first kappa shape index (κ1) is 23.4. The summed E-state index contributed by atoms with van der Waals surface area (Å²) in [5, 5.41) is 0. The monoisotopic (exact) mass is 545 g/mol. The Hall–Kier alpha value is -2.39. The fourth-order valence-corrected chi connectivity index (χ4v) is 7.99. The van der Waals surface area contributed by atoms with Gasteiger partial charge in [0, 0.05) is 22.1 Å². The third-order valence-corrected chi connectivity index (χ3v) is 9.43. The van der Waals surface area contributed by atoms with Gasteiger partial charge < -0.3 is 0 Å². The molecular formula is C25H28BrN3O4S. The number of sulfonamides is 1. The van der Waals surface area contributed by atoms with Gasteiger partial charge in [-0.25, -0.2) is 8.42 Å². The first-order valence-electron chi connectivity index (χ1n) is 11.7. The molecule has 0 aliphatic heterocycles. The Bertz CT molecular complexity index is 1180. The first-order valence-corrected chi connectivity index (χ1v) is 13.9. The number of halogens is 1. The maximum Gasteiger partial charge on any atom is 0.269 e. The molecule has 4 saturated carbocycles. The van der Waals surface area contributed by atoms with E-state index in [0.29, 0.717) is 12.1 Å². The summed E-state index contributed by atoms with van der Waals surface area (Å²) in [6, 6.07) is 12.5. The normalized spacial score (nSPS) is 27.3. The van der Waals surface area contributed by atoms with Crippen LogP contribution in [0.4, 0.5) is 5.69 Å². The fourth-order valence-electron chi connectivity index (χ4n) is 6.63. The molecule has 0 saturated heterocycles. The van der Waals surface area contributed by atoms with E-state index in [1.54, 1.807) is 24.3 Å². The van der Waals surface area contributed by atoms with Crippen LogP contribution in [0.3, 0.4) is 0 Å². The highest BCUT2D eigenvalue weighted by Crippen LogP contribution is 2.61. The van der Waals surface area contributed by atoms with Crippen molar-refractivity contribution >= 4 is 43.5 Å². The zero-order valence-corrected chi connectivity index (χ0v) is 21.1. The van der Waals surface area contributed by atoms with Crippen molar-refractivity contribution in [2.45, 2.75) is 49.8 Å². The lowest BCUT2D eigenvalue weighted by molar-refractivity contribution is -0.130. The van der Waals surface area contributed by atoms with E-state index in [1.165, 1.54) is 43.5 Å². The van der Waals surface area contributed by atoms with Crippen molar-refractivity contribution in [3.63, 3.8) is 0 Å². The van der Waals surface area contributed by atoms with Crippen LogP contribution >= 0.6 is 15.9 Å². The third-order valence-electron chi connectivity index (χ3n) is 7.52. The van der Waals surface area contributed by atoms with E-state index in [4.69, 9.17) is 0 Å². The summed E-state index contributed by atoms with van der Waals surface area (Å²) in [5.74, 6) is 1.52. The molecule has 4 bridgehead atoms. The van der Waals surface area contributed by atoms with Crippen molar-refractivity contribution in [2.24, 2.45) is 23.2 Å². The third kappa shape index (κ3) is 5.00. The van der Waals surface area contributed by atoms with Gasteiger partial charge in [-0.2, -0.15) is 0 Å². The van der Waals surface area contributed by atoms with Crippen LogP contribution in [-0.4, -0.2) is 20.2 Å². The van der Waals surface area contributed by atoms with Gasteiger partial charge >= 0.3 is 0 Å². The molecule has 0 spiro atoms. The quantitative estimate of drug-likeness (QED) is 0.460. The Labute approximate surface area is 208 Å². The van der Waals surface area contributed by atoms with Gasteiger partial charge in [-0.1, -0.05) is 22.0 Å². The average Bonchev–Trinajstić information content (AvgIpc) is 2.78. The molecule has 0 aromatic heterocycles. The van der Waals surface area contributed by atoms with Crippen LogP contribution in [0.1, 0.15) is 55.3 Å². The van der Waals surface area contributed by atoms with Crippen molar-refractivity contribution in [3.8, 4) is 0 Å². The molecule has 0 atom stereocenters. The molecule has 2 aromatic carbocycles.